The number of carbonyl (C=O) groups excluding carboxylic acids is 1. The summed E-state index contributed by atoms with van der Waals surface area (Å²) in [5.41, 5.74) is 0.389. The van der Waals surface area contributed by atoms with Crippen molar-refractivity contribution in [3.63, 3.8) is 0 Å². The minimum Gasteiger partial charge on any atom is -0.281 e. The van der Waals surface area contributed by atoms with Crippen LogP contribution in [0, 0.1) is 46.3 Å². The SMILES string of the molecule is COOCC12C3C1C3C1(C(=O)Cl)C3C2C31. The number of halogens is 1. The van der Waals surface area contributed by atoms with Crippen LogP contribution >= 0.6 is 11.6 Å². The summed E-state index contributed by atoms with van der Waals surface area (Å²) in [5, 5.41) is -0.0489. The summed E-state index contributed by atoms with van der Waals surface area (Å²) < 4.78 is 0. The van der Waals surface area contributed by atoms with Crippen LogP contribution in [-0.2, 0) is 14.6 Å². The molecule has 4 bridgehead atoms. The number of hydrogen-bond donors (Lipinski definition) is 0. The lowest BCUT2D eigenvalue weighted by molar-refractivity contribution is -0.293. The summed E-state index contributed by atoms with van der Waals surface area (Å²) in [7, 11) is 1.56. The summed E-state index contributed by atoms with van der Waals surface area (Å²) in [5.74, 6) is 4.12. The van der Waals surface area contributed by atoms with Crippen molar-refractivity contribution in [3.05, 3.63) is 0 Å². The molecule has 0 aromatic carbocycles. The molecule has 80 valence electrons. The van der Waals surface area contributed by atoms with E-state index in [0.29, 0.717) is 23.2 Å². The van der Waals surface area contributed by atoms with Gasteiger partial charge in [-0.05, 0) is 47.1 Å². The third-order valence-corrected chi connectivity index (χ3v) is 6.43. The number of carbonyl (C=O) groups is 1. The first-order chi connectivity index (χ1) is 7.24. The second-order valence-corrected chi connectivity index (χ2v) is 6.25. The molecule has 0 N–H and O–H groups in total. The van der Waals surface area contributed by atoms with E-state index in [1.165, 1.54) is 0 Å². The highest BCUT2D eigenvalue weighted by molar-refractivity contribution is 6.65. The van der Waals surface area contributed by atoms with Crippen molar-refractivity contribution in [1.82, 2.24) is 0 Å². The molecule has 0 aromatic heterocycles. The van der Waals surface area contributed by atoms with Crippen molar-refractivity contribution in [2.45, 2.75) is 0 Å². The number of hydrogen-bond acceptors (Lipinski definition) is 3. The highest BCUT2D eigenvalue weighted by Crippen LogP contribution is 3.10. The van der Waals surface area contributed by atoms with E-state index in [9.17, 15) is 4.79 Å². The molecule has 8 rings (SSSR count). The van der Waals surface area contributed by atoms with Crippen molar-refractivity contribution >= 4 is 16.8 Å². The van der Waals surface area contributed by atoms with Crippen LogP contribution < -0.4 is 0 Å². The smallest absolute Gasteiger partial charge is 0.228 e. The average Bonchev–Trinajstić information content (AvgIpc) is 3.07. The predicted octanol–water partition coefficient (Wildman–Crippen LogP) is 1.07. The molecule has 0 aromatic rings. The van der Waals surface area contributed by atoms with Crippen LogP contribution in [-0.4, -0.2) is 19.0 Å². The maximum Gasteiger partial charge on any atom is 0.228 e. The summed E-state index contributed by atoms with van der Waals surface area (Å²) in [6, 6.07) is 0. The van der Waals surface area contributed by atoms with Crippen LogP contribution in [0.25, 0.3) is 0 Å². The lowest BCUT2D eigenvalue weighted by atomic mass is 9.60. The van der Waals surface area contributed by atoms with Crippen LogP contribution in [0.1, 0.15) is 0 Å². The van der Waals surface area contributed by atoms with Crippen molar-refractivity contribution in [2.75, 3.05) is 13.7 Å². The van der Waals surface area contributed by atoms with E-state index in [1.54, 1.807) is 7.11 Å². The molecule has 3 nitrogen and oxygen atoms in total. The minimum atomic E-state index is -0.0489. The fourth-order valence-corrected chi connectivity index (χ4v) is 6.00. The van der Waals surface area contributed by atoms with Gasteiger partial charge in [-0.25, -0.2) is 9.78 Å². The van der Waals surface area contributed by atoms with Gasteiger partial charge >= 0.3 is 0 Å². The van der Waals surface area contributed by atoms with Gasteiger partial charge in [0.2, 0.25) is 5.24 Å². The molecule has 4 unspecified atom stereocenters. The third-order valence-electron chi connectivity index (χ3n) is 6.11. The van der Waals surface area contributed by atoms with E-state index >= 15 is 0 Å². The van der Waals surface area contributed by atoms with Crippen LogP contribution in [0.2, 0.25) is 0 Å². The fourth-order valence-electron chi connectivity index (χ4n) is 5.63. The Labute approximate surface area is 92.0 Å². The molecular formula is C11H11ClO3. The first-order valence-electron chi connectivity index (χ1n) is 5.59. The zero-order chi connectivity index (χ0) is 10.2. The Balaban J connectivity index is 1.46. The van der Waals surface area contributed by atoms with Crippen molar-refractivity contribution in [3.8, 4) is 0 Å². The van der Waals surface area contributed by atoms with Crippen LogP contribution in [0.3, 0.4) is 0 Å². The van der Waals surface area contributed by atoms with Gasteiger partial charge < -0.3 is 0 Å². The quantitative estimate of drug-likeness (QED) is 0.409. The Morgan fingerprint density at radius 1 is 1.20 bits per heavy atom. The first kappa shape index (κ1) is 8.04. The van der Waals surface area contributed by atoms with E-state index in [4.69, 9.17) is 21.4 Å². The van der Waals surface area contributed by atoms with Gasteiger partial charge in [0.15, 0.2) is 0 Å². The molecule has 0 radical (unpaired) electrons. The van der Waals surface area contributed by atoms with Gasteiger partial charge in [0.05, 0.1) is 19.1 Å². The molecule has 8 saturated carbocycles. The molecule has 0 spiro atoms. The second-order valence-electron chi connectivity index (χ2n) is 5.90. The highest BCUT2D eigenvalue weighted by Gasteiger charge is 3.11. The molecule has 8 aliphatic rings. The fraction of sp³-hybridized carbons (Fsp3) is 0.909. The summed E-state index contributed by atoms with van der Waals surface area (Å²) in [4.78, 5) is 21.3. The van der Waals surface area contributed by atoms with Gasteiger partial charge in [0.25, 0.3) is 0 Å². The van der Waals surface area contributed by atoms with Gasteiger partial charge in [-0.1, -0.05) is 0 Å². The average molecular weight is 227 g/mol. The van der Waals surface area contributed by atoms with Gasteiger partial charge in [-0.2, -0.15) is 0 Å². The van der Waals surface area contributed by atoms with E-state index < -0.39 is 0 Å². The maximum atomic E-state index is 11.5. The molecule has 0 aliphatic heterocycles. The van der Waals surface area contributed by atoms with E-state index in [2.05, 4.69) is 0 Å². The zero-order valence-corrected chi connectivity index (χ0v) is 9.03. The normalized spacial score (nSPS) is 72.9. The molecular weight excluding hydrogens is 216 g/mol. The van der Waals surface area contributed by atoms with Crippen LogP contribution in [0.5, 0.6) is 0 Å². The van der Waals surface area contributed by atoms with Crippen molar-refractivity contribution < 1.29 is 14.6 Å². The second kappa shape index (κ2) is 1.79. The Kier molecular flexibility index (Phi) is 0.959. The molecule has 4 heteroatoms. The monoisotopic (exact) mass is 226 g/mol. The predicted molar refractivity (Wildman–Crippen MR) is 49.6 cm³/mol. The Bertz CT molecular complexity index is 400. The molecule has 0 amide bonds. The molecule has 15 heavy (non-hydrogen) atoms. The van der Waals surface area contributed by atoms with E-state index in [-0.39, 0.29) is 10.7 Å². The first-order valence-corrected chi connectivity index (χ1v) is 5.97. The topological polar surface area (TPSA) is 35.5 Å². The van der Waals surface area contributed by atoms with Crippen molar-refractivity contribution in [2.24, 2.45) is 46.3 Å². The minimum absolute atomic E-state index is 0.0314. The third kappa shape index (κ3) is 0.495. The molecule has 8 aliphatic carbocycles. The zero-order valence-electron chi connectivity index (χ0n) is 8.27. The molecule has 0 saturated heterocycles. The summed E-state index contributed by atoms with van der Waals surface area (Å²) >= 11 is 5.74. The Morgan fingerprint density at radius 3 is 2.27 bits per heavy atom. The Hall–Kier alpha value is -0.120. The standard InChI is InChI=1S/C11H11ClO3/c1-14-15-2-10-3-4(10)6(3)11(9(12)13)7-5(10)8(7)11/h3-8H,2H2,1H3. The van der Waals surface area contributed by atoms with Crippen molar-refractivity contribution in [1.29, 1.82) is 0 Å². The van der Waals surface area contributed by atoms with Crippen LogP contribution in [0.15, 0.2) is 0 Å². The molecule has 8 fully saturated rings. The van der Waals surface area contributed by atoms with Gasteiger partial charge in [-0.3, -0.25) is 4.79 Å². The highest BCUT2D eigenvalue weighted by atomic mass is 35.5. The largest absolute Gasteiger partial charge is 0.281 e. The van der Waals surface area contributed by atoms with Gasteiger partial charge in [0.1, 0.15) is 0 Å². The van der Waals surface area contributed by atoms with E-state index in [1.807, 2.05) is 0 Å². The Morgan fingerprint density at radius 2 is 1.73 bits per heavy atom. The summed E-state index contributed by atoms with van der Waals surface area (Å²) in [6.07, 6.45) is 0. The lowest BCUT2D eigenvalue weighted by Crippen LogP contribution is -2.47. The van der Waals surface area contributed by atoms with Gasteiger partial charge in [0, 0.05) is 5.41 Å². The lowest BCUT2D eigenvalue weighted by Gasteiger charge is -2.44. The summed E-state index contributed by atoms with van der Waals surface area (Å²) in [6.45, 7) is 0.736. The van der Waals surface area contributed by atoms with E-state index in [0.717, 1.165) is 24.4 Å². The maximum absolute atomic E-state index is 11.5. The van der Waals surface area contributed by atoms with Crippen LogP contribution in [0.4, 0.5) is 0 Å². The number of rotatable bonds is 4. The van der Waals surface area contributed by atoms with Gasteiger partial charge in [-0.15, -0.1) is 0 Å². The molecule has 4 atom stereocenters. The molecule has 0 heterocycles.